The molecule has 0 spiro atoms. The van der Waals surface area contributed by atoms with Crippen molar-refractivity contribution in [1.29, 1.82) is 0 Å². The van der Waals surface area contributed by atoms with Crippen molar-refractivity contribution in [3.63, 3.8) is 0 Å². The molecule has 2 saturated heterocycles. The third-order valence-electron chi connectivity index (χ3n) is 4.64. The summed E-state index contributed by atoms with van der Waals surface area (Å²) in [6, 6.07) is 0. The van der Waals surface area contributed by atoms with Gasteiger partial charge in [-0.25, -0.2) is 0 Å². The van der Waals surface area contributed by atoms with E-state index in [1.807, 2.05) is 0 Å². The van der Waals surface area contributed by atoms with Gasteiger partial charge in [0.2, 0.25) is 0 Å². The fourth-order valence-electron chi connectivity index (χ4n) is 2.95. The zero-order valence-electron chi connectivity index (χ0n) is 14.9. The molecule has 2 aliphatic rings. The molecule has 0 bridgehead atoms. The second kappa shape index (κ2) is 9.23. The first kappa shape index (κ1) is 23.3. The van der Waals surface area contributed by atoms with Gasteiger partial charge in [0.1, 0.15) is 43.2 Å². The maximum atomic E-state index is 11.6. The van der Waals surface area contributed by atoms with E-state index in [-0.39, 0.29) is 6.42 Å². The summed E-state index contributed by atoms with van der Waals surface area (Å²) in [5, 5.41) is 78.7. The Balaban J connectivity index is 2.26. The number of rotatable bonds is 6. The molecule has 10 atom stereocenters. The Morgan fingerprint density at radius 3 is 2.18 bits per heavy atom. The lowest BCUT2D eigenvalue weighted by Crippen LogP contribution is -2.69. The SMILES string of the molecule is CCC(=O)O[C@@]1(CO)O[C@H](O[C@H]2[C@H](O)[C@@H](O)[C@H](O)O[C@@H]2CO)[C@H](O)[C@H](O)[C@H]1O. The van der Waals surface area contributed by atoms with Gasteiger partial charge in [0.15, 0.2) is 18.7 Å². The molecule has 164 valence electrons. The summed E-state index contributed by atoms with van der Waals surface area (Å²) in [5.41, 5.74) is 0. The van der Waals surface area contributed by atoms with Crippen LogP contribution < -0.4 is 0 Å². The van der Waals surface area contributed by atoms with Gasteiger partial charge in [0, 0.05) is 6.42 Å². The summed E-state index contributed by atoms with van der Waals surface area (Å²) >= 11 is 0. The van der Waals surface area contributed by atoms with Crippen LogP contribution in [-0.2, 0) is 23.7 Å². The van der Waals surface area contributed by atoms with Crippen molar-refractivity contribution in [3.8, 4) is 0 Å². The summed E-state index contributed by atoms with van der Waals surface area (Å²) < 4.78 is 20.4. The zero-order chi connectivity index (χ0) is 21.2. The van der Waals surface area contributed by atoms with E-state index in [4.69, 9.17) is 18.9 Å². The third-order valence-corrected chi connectivity index (χ3v) is 4.64. The zero-order valence-corrected chi connectivity index (χ0v) is 14.9. The molecule has 0 saturated carbocycles. The van der Waals surface area contributed by atoms with Crippen molar-refractivity contribution in [1.82, 2.24) is 0 Å². The fraction of sp³-hybridized carbons (Fsp3) is 0.933. The van der Waals surface area contributed by atoms with Gasteiger partial charge >= 0.3 is 5.97 Å². The molecular formula is C15H26O13. The largest absolute Gasteiger partial charge is 0.427 e. The summed E-state index contributed by atoms with van der Waals surface area (Å²) in [6.07, 6.45) is -16.4. The maximum Gasteiger partial charge on any atom is 0.308 e. The number of aliphatic hydroxyl groups is 8. The number of carbonyl (C=O) groups excluding carboxylic acids is 1. The summed E-state index contributed by atoms with van der Waals surface area (Å²) in [4.78, 5) is 11.6. The van der Waals surface area contributed by atoms with Crippen LogP contribution in [0.3, 0.4) is 0 Å². The van der Waals surface area contributed by atoms with E-state index in [1.165, 1.54) is 6.92 Å². The first-order chi connectivity index (χ1) is 13.1. The predicted molar refractivity (Wildman–Crippen MR) is 83.9 cm³/mol. The van der Waals surface area contributed by atoms with Gasteiger partial charge in [-0.2, -0.15) is 0 Å². The quantitative estimate of drug-likeness (QED) is 0.191. The second-order valence-corrected chi connectivity index (χ2v) is 6.54. The lowest BCUT2D eigenvalue weighted by atomic mass is 9.95. The Kier molecular flexibility index (Phi) is 7.69. The Morgan fingerprint density at radius 2 is 1.64 bits per heavy atom. The smallest absolute Gasteiger partial charge is 0.308 e. The normalized spacial score (nSPS) is 47.0. The molecular weight excluding hydrogens is 388 g/mol. The molecule has 0 aromatic rings. The first-order valence-electron chi connectivity index (χ1n) is 8.62. The molecule has 0 unspecified atom stereocenters. The van der Waals surface area contributed by atoms with Gasteiger partial charge in [-0.15, -0.1) is 0 Å². The molecule has 2 rings (SSSR count). The van der Waals surface area contributed by atoms with E-state index in [9.17, 15) is 45.6 Å². The van der Waals surface area contributed by atoms with Crippen molar-refractivity contribution < 1.29 is 64.6 Å². The minimum atomic E-state index is -2.48. The number of ether oxygens (including phenoxy) is 4. The molecule has 0 aliphatic carbocycles. The van der Waals surface area contributed by atoms with Crippen LogP contribution in [0.25, 0.3) is 0 Å². The van der Waals surface area contributed by atoms with Crippen molar-refractivity contribution in [3.05, 3.63) is 0 Å². The van der Waals surface area contributed by atoms with E-state index in [0.29, 0.717) is 0 Å². The highest BCUT2D eigenvalue weighted by atomic mass is 16.8. The van der Waals surface area contributed by atoms with Gasteiger partial charge in [0.05, 0.1) is 6.61 Å². The van der Waals surface area contributed by atoms with Crippen LogP contribution in [0.4, 0.5) is 0 Å². The van der Waals surface area contributed by atoms with Crippen LogP contribution >= 0.6 is 0 Å². The molecule has 2 heterocycles. The second-order valence-electron chi connectivity index (χ2n) is 6.54. The molecule has 0 radical (unpaired) electrons. The first-order valence-corrected chi connectivity index (χ1v) is 8.62. The van der Waals surface area contributed by atoms with Gasteiger partial charge in [0.25, 0.3) is 5.79 Å². The van der Waals surface area contributed by atoms with Crippen LogP contribution in [0.15, 0.2) is 0 Å². The Hall–Kier alpha value is -0.970. The highest BCUT2D eigenvalue weighted by Gasteiger charge is 2.58. The van der Waals surface area contributed by atoms with E-state index in [0.717, 1.165) is 0 Å². The number of esters is 1. The van der Waals surface area contributed by atoms with E-state index >= 15 is 0 Å². The highest BCUT2D eigenvalue weighted by molar-refractivity contribution is 5.69. The van der Waals surface area contributed by atoms with E-state index in [2.05, 4.69) is 0 Å². The molecule has 0 aromatic heterocycles. The molecule has 2 fully saturated rings. The number of aliphatic hydroxyl groups excluding tert-OH is 8. The number of hydrogen-bond donors (Lipinski definition) is 8. The average molecular weight is 414 g/mol. The number of carbonyl (C=O) groups is 1. The summed E-state index contributed by atoms with van der Waals surface area (Å²) in [5.74, 6) is -3.38. The molecule has 0 aromatic carbocycles. The van der Waals surface area contributed by atoms with E-state index in [1.54, 1.807) is 0 Å². The monoisotopic (exact) mass is 414 g/mol. The van der Waals surface area contributed by atoms with Crippen molar-refractivity contribution in [2.75, 3.05) is 13.2 Å². The standard InChI is InChI=1S/C15H26O13/c1-2-6(18)27-15(4-17)12(23)8(20)10(22)14(28-15)26-11-5(3-16)25-13(24)9(21)7(11)19/h5,7-14,16-17,19-24H,2-4H2,1H3/t5-,7-,8+,9-,10-,11-,12-,13-,14+,15+/m1/s1. The van der Waals surface area contributed by atoms with Crippen molar-refractivity contribution in [2.24, 2.45) is 0 Å². The summed E-state index contributed by atoms with van der Waals surface area (Å²) in [7, 11) is 0. The molecule has 0 amide bonds. The fourth-order valence-corrected chi connectivity index (χ4v) is 2.95. The molecule has 28 heavy (non-hydrogen) atoms. The van der Waals surface area contributed by atoms with Crippen LogP contribution in [0, 0.1) is 0 Å². The minimum Gasteiger partial charge on any atom is -0.427 e. The minimum absolute atomic E-state index is 0.159. The Morgan fingerprint density at radius 1 is 1.00 bits per heavy atom. The predicted octanol–water partition coefficient (Wildman–Crippen LogP) is -5.12. The maximum absolute atomic E-state index is 11.6. The van der Waals surface area contributed by atoms with Crippen molar-refractivity contribution >= 4 is 5.97 Å². The Bertz CT molecular complexity index is 530. The molecule has 13 nitrogen and oxygen atoms in total. The Labute approximate surface area is 159 Å². The number of hydrogen-bond acceptors (Lipinski definition) is 13. The van der Waals surface area contributed by atoms with Crippen LogP contribution in [-0.4, -0.2) is 121 Å². The van der Waals surface area contributed by atoms with Crippen LogP contribution in [0.1, 0.15) is 13.3 Å². The van der Waals surface area contributed by atoms with Gasteiger partial charge < -0.3 is 59.8 Å². The van der Waals surface area contributed by atoms with Gasteiger partial charge in [-0.1, -0.05) is 6.92 Å². The third kappa shape index (κ3) is 4.29. The lowest BCUT2D eigenvalue weighted by molar-refractivity contribution is -0.416. The van der Waals surface area contributed by atoms with E-state index < -0.39 is 80.3 Å². The lowest BCUT2D eigenvalue weighted by Gasteiger charge is -2.48. The topological polar surface area (TPSA) is 216 Å². The molecule has 8 N–H and O–H groups in total. The van der Waals surface area contributed by atoms with Gasteiger partial charge in [-0.3, -0.25) is 4.79 Å². The molecule has 13 heteroatoms. The summed E-state index contributed by atoms with van der Waals surface area (Å²) in [6.45, 7) is -0.455. The van der Waals surface area contributed by atoms with Crippen LogP contribution in [0.2, 0.25) is 0 Å². The average Bonchev–Trinajstić information content (AvgIpc) is 2.69. The van der Waals surface area contributed by atoms with Gasteiger partial charge in [-0.05, 0) is 0 Å². The highest BCUT2D eigenvalue weighted by Crippen LogP contribution is 2.34. The van der Waals surface area contributed by atoms with Crippen molar-refractivity contribution in [2.45, 2.75) is 74.4 Å². The molecule has 2 aliphatic heterocycles. The van der Waals surface area contributed by atoms with Crippen LogP contribution in [0.5, 0.6) is 0 Å².